The highest BCUT2D eigenvalue weighted by molar-refractivity contribution is 5.96. The number of hydrogen-bond donors (Lipinski definition) is 2. The highest BCUT2D eigenvalue weighted by Crippen LogP contribution is 2.13. The molecule has 0 amide bonds. The lowest BCUT2D eigenvalue weighted by atomic mass is 10.1. The first-order chi connectivity index (χ1) is 9.13. The number of aliphatic carboxylic acids is 1. The molecule has 6 heteroatoms. The molecule has 1 aromatic carbocycles. The first-order valence-electron chi connectivity index (χ1n) is 6.32. The van der Waals surface area contributed by atoms with Gasteiger partial charge in [-0.15, -0.1) is 12.4 Å². The molecular weight excluding hydrogens is 282 g/mol. The molecule has 0 radical (unpaired) electrons. The standard InChI is InChI=1S/C14H19NO4.ClH/c1-2-9-19-12-5-3-11(4-6-12)13(16)7-8-15-10-14(17)18;/h3-6,15H,2,7-10H2,1H3,(H,17,18);1H. The molecule has 1 aromatic rings. The van der Waals surface area contributed by atoms with Crippen LogP contribution in [0.25, 0.3) is 0 Å². The summed E-state index contributed by atoms with van der Waals surface area (Å²) in [5, 5.41) is 11.1. The third-order valence-corrected chi connectivity index (χ3v) is 2.45. The van der Waals surface area contributed by atoms with Crippen LogP contribution >= 0.6 is 12.4 Å². The maximum atomic E-state index is 11.8. The van der Waals surface area contributed by atoms with E-state index in [0.717, 1.165) is 12.2 Å². The minimum atomic E-state index is -0.926. The average Bonchev–Trinajstić information content (AvgIpc) is 2.41. The van der Waals surface area contributed by atoms with Gasteiger partial charge in [0.25, 0.3) is 0 Å². The summed E-state index contributed by atoms with van der Waals surface area (Å²) in [4.78, 5) is 22.1. The van der Waals surface area contributed by atoms with Crippen molar-refractivity contribution < 1.29 is 19.4 Å². The molecule has 0 atom stereocenters. The number of halogens is 1. The summed E-state index contributed by atoms with van der Waals surface area (Å²) in [5.74, 6) is -0.188. The van der Waals surface area contributed by atoms with Crippen LogP contribution in [0.15, 0.2) is 24.3 Å². The summed E-state index contributed by atoms with van der Waals surface area (Å²) < 4.78 is 5.43. The van der Waals surface area contributed by atoms with Crippen molar-refractivity contribution >= 4 is 24.2 Å². The number of rotatable bonds is 9. The minimum absolute atomic E-state index is 0. The van der Waals surface area contributed by atoms with Crippen LogP contribution in [0.3, 0.4) is 0 Å². The van der Waals surface area contributed by atoms with Crippen molar-refractivity contribution in [2.75, 3.05) is 19.7 Å². The van der Waals surface area contributed by atoms with Gasteiger partial charge in [-0.05, 0) is 30.7 Å². The molecule has 112 valence electrons. The molecule has 0 saturated carbocycles. The van der Waals surface area contributed by atoms with Crippen molar-refractivity contribution in [3.8, 4) is 5.75 Å². The quantitative estimate of drug-likeness (QED) is 0.540. The van der Waals surface area contributed by atoms with E-state index in [1.165, 1.54) is 0 Å². The lowest BCUT2D eigenvalue weighted by molar-refractivity contribution is -0.135. The van der Waals surface area contributed by atoms with Gasteiger partial charge in [0.1, 0.15) is 5.75 Å². The SMILES string of the molecule is CCCOc1ccc(C(=O)CCNCC(=O)O)cc1.Cl. The highest BCUT2D eigenvalue weighted by Gasteiger charge is 2.06. The molecule has 0 aliphatic heterocycles. The predicted molar refractivity (Wildman–Crippen MR) is 78.9 cm³/mol. The van der Waals surface area contributed by atoms with Crippen LogP contribution in [0.1, 0.15) is 30.1 Å². The average molecular weight is 302 g/mol. The summed E-state index contributed by atoms with van der Waals surface area (Å²) >= 11 is 0. The fourth-order valence-corrected chi connectivity index (χ4v) is 1.50. The predicted octanol–water partition coefficient (Wildman–Crippen LogP) is 2.14. The van der Waals surface area contributed by atoms with Gasteiger partial charge in [0, 0.05) is 18.5 Å². The Bertz CT molecular complexity index is 420. The van der Waals surface area contributed by atoms with Crippen LogP contribution < -0.4 is 10.1 Å². The van der Waals surface area contributed by atoms with E-state index in [1.54, 1.807) is 24.3 Å². The van der Waals surface area contributed by atoms with Gasteiger partial charge in [0.15, 0.2) is 5.78 Å². The van der Waals surface area contributed by atoms with Crippen molar-refractivity contribution in [1.82, 2.24) is 5.32 Å². The maximum absolute atomic E-state index is 11.8. The number of ketones is 1. The lowest BCUT2D eigenvalue weighted by Gasteiger charge is -2.06. The number of carboxylic acids is 1. The van der Waals surface area contributed by atoms with Gasteiger partial charge in [-0.2, -0.15) is 0 Å². The van der Waals surface area contributed by atoms with E-state index in [4.69, 9.17) is 9.84 Å². The largest absolute Gasteiger partial charge is 0.494 e. The molecule has 20 heavy (non-hydrogen) atoms. The van der Waals surface area contributed by atoms with E-state index in [0.29, 0.717) is 18.7 Å². The van der Waals surface area contributed by atoms with Crippen LogP contribution in [-0.2, 0) is 4.79 Å². The summed E-state index contributed by atoms with van der Waals surface area (Å²) in [7, 11) is 0. The number of hydrogen-bond acceptors (Lipinski definition) is 4. The van der Waals surface area contributed by atoms with Crippen LogP contribution in [0.5, 0.6) is 5.75 Å². The molecule has 1 rings (SSSR count). The molecule has 0 aliphatic carbocycles. The molecule has 0 heterocycles. The van der Waals surface area contributed by atoms with E-state index >= 15 is 0 Å². The Balaban J connectivity index is 0.00000361. The normalized spacial score (nSPS) is 9.65. The fraction of sp³-hybridized carbons (Fsp3) is 0.429. The Morgan fingerprint density at radius 3 is 2.45 bits per heavy atom. The van der Waals surface area contributed by atoms with Gasteiger partial charge in [-0.3, -0.25) is 9.59 Å². The Kier molecular flexibility index (Phi) is 9.41. The molecular formula is C14H20ClNO4. The Morgan fingerprint density at radius 2 is 1.90 bits per heavy atom. The van der Waals surface area contributed by atoms with Crippen LogP contribution in [0.2, 0.25) is 0 Å². The zero-order chi connectivity index (χ0) is 14.1. The summed E-state index contributed by atoms with van der Waals surface area (Å²) in [5.41, 5.74) is 0.612. The monoisotopic (exact) mass is 301 g/mol. The first kappa shape index (κ1) is 18.4. The third-order valence-electron chi connectivity index (χ3n) is 2.45. The maximum Gasteiger partial charge on any atom is 0.317 e. The van der Waals surface area contributed by atoms with Crippen molar-refractivity contribution in [2.24, 2.45) is 0 Å². The molecule has 0 spiro atoms. The van der Waals surface area contributed by atoms with Crippen molar-refractivity contribution in [3.05, 3.63) is 29.8 Å². The number of carbonyl (C=O) groups excluding carboxylic acids is 1. The molecule has 5 nitrogen and oxygen atoms in total. The van der Waals surface area contributed by atoms with Gasteiger partial charge in [-0.1, -0.05) is 6.92 Å². The molecule has 0 unspecified atom stereocenters. The highest BCUT2D eigenvalue weighted by atomic mass is 35.5. The second kappa shape index (κ2) is 10.2. The van der Waals surface area contributed by atoms with Gasteiger partial charge in [0.05, 0.1) is 13.2 Å². The Morgan fingerprint density at radius 1 is 1.25 bits per heavy atom. The first-order valence-corrected chi connectivity index (χ1v) is 6.32. The number of nitrogens with one attached hydrogen (secondary N) is 1. The fourth-order valence-electron chi connectivity index (χ4n) is 1.50. The summed E-state index contributed by atoms with van der Waals surface area (Å²) in [6, 6.07) is 7.00. The lowest BCUT2D eigenvalue weighted by Crippen LogP contribution is -2.25. The van der Waals surface area contributed by atoms with Crippen LogP contribution in [0, 0.1) is 0 Å². The van der Waals surface area contributed by atoms with E-state index < -0.39 is 5.97 Å². The number of Topliss-reactive ketones (excluding diaryl/α,β-unsaturated/α-hetero) is 1. The third kappa shape index (κ3) is 7.11. The number of ether oxygens (including phenoxy) is 1. The summed E-state index contributed by atoms with van der Waals surface area (Å²) in [6.45, 7) is 2.92. The Hall–Kier alpha value is -1.59. The Labute approximate surface area is 124 Å². The smallest absolute Gasteiger partial charge is 0.317 e. The van der Waals surface area contributed by atoms with E-state index in [9.17, 15) is 9.59 Å². The van der Waals surface area contributed by atoms with E-state index in [1.807, 2.05) is 6.92 Å². The van der Waals surface area contributed by atoms with Crippen molar-refractivity contribution in [1.29, 1.82) is 0 Å². The molecule has 0 aliphatic rings. The van der Waals surface area contributed by atoms with Gasteiger partial charge >= 0.3 is 5.97 Å². The molecule has 0 fully saturated rings. The van der Waals surface area contributed by atoms with Gasteiger partial charge in [-0.25, -0.2) is 0 Å². The second-order valence-corrected chi connectivity index (χ2v) is 4.12. The zero-order valence-corrected chi connectivity index (χ0v) is 12.2. The molecule has 0 aromatic heterocycles. The molecule has 2 N–H and O–H groups in total. The van der Waals surface area contributed by atoms with Gasteiger partial charge in [0.2, 0.25) is 0 Å². The van der Waals surface area contributed by atoms with Crippen molar-refractivity contribution in [2.45, 2.75) is 19.8 Å². The topological polar surface area (TPSA) is 75.6 Å². The zero-order valence-electron chi connectivity index (χ0n) is 11.4. The minimum Gasteiger partial charge on any atom is -0.494 e. The molecule has 0 saturated heterocycles. The van der Waals surface area contributed by atoms with Crippen LogP contribution in [-0.4, -0.2) is 36.6 Å². The van der Waals surface area contributed by atoms with Crippen LogP contribution in [0.4, 0.5) is 0 Å². The number of carboxylic acid groups (broad SMARTS) is 1. The van der Waals surface area contributed by atoms with E-state index in [-0.39, 0.29) is 31.2 Å². The second-order valence-electron chi connectivity index (χ2n) is 4.12. The van der Waals surface area contributed by atoms with Crippen molar-refractivity contribution in [3.63, 3.8) is 0 Å². The molecule has 0 bridgehead atoms. The number of benzene rings is 1. The van der Waals surface area contributed by atoms with E-state index in [2.05, 4.69) is 5.32 Å². The number of carbonyl (C=O) groups is 2. The van der Waals surface area contributed by atoms with Gasteiger partial charge < -0.3 is 15.2 Å². The summed E-state index contributed by atoms with van der Waals surface area (Å²) in [6.07, 6.45) is 1.22.